The molecule has 26 heavy (non-hydrogen) atoms. The Hall–Kier alpha value is -2.53. The summed E-state index contributed by atoms with van der Waals surface area (Å²) in [5, 5.41) is 3.03. The lowest BCUT2D eigenvalue weighted by Crippen LogP contribution is -2.33. The number of anilines is 1. The highest BCUT2D eigenvalue weighted by atomic mass is 16.6. The van der Waals surface area contributed by atoms with Crippen LogP contribution in [-0.4, -0.2) is 37.1 Å². The summed E-state index contributed by atoms with van der Waals surface area (Å²) in [6, 6.07) is 14.2. The number of benzene rings is 2. The lowest BCUT2D eigenvalue weighted by Gasteiger charge is -2.26. The van der Waals surface area contributed by atoms with Gasteiger partial charge in [0.2, 0.25) is 5.91 Å². The second-order valence-corrected chi connectivity index (χ2v) is 6.89. The monoisotopic (exact) mass is 352 g/mol. The minimum atomic E-state index is 0.0312. The number of para-hydroxylation sites is 1. The van der Waals surface area contributed by atoms with E-state index < -0.39 is 0 Å². The molecule has 2 aliphatic rings. The summed E-state index contributed by atoms with van der Waals surface area (Å²) in [5.41, 5.74) is 3.15. The molecule has 1 amide bonds. The molecule has 5 nitrogen and oxygen atoms in total. The number of rotatable bonds is 4. The van der Waals surface area contributed by atoms with Crippen molar-refractivity contribution < 1.29 is 14.3 Å². The van der Waals surface area contributed by atoms with Crippen LogP contribution in [0.3, 0.4) is 0 Å². The molecule has 2 aromatic rings. The Kier molecular flexibility index (Phi) is 4.80. The van der Waals surface area contributed by atoms with E-state index in [1.54, 1.807) is 0 Å². The fourth-order valence-electron chi connectivity index (χ4n) is 3.75. The van der Waals surface area contributed by atoms with Crippen LogP contribution in [0.2, 0.25) is 0 Å². The molecule has 1 atom stereocenters. The van der Waals surface area contributed by atoms with E-state index in [4.69, 9.17) is 9.47 Å². The number of amides is 1. The highest BCUT2D eigenvalue weighted by Crippen LogP contribution is 2.37. The van der Waals surface area contributed by atoms with Crippen molar-refractivity contribution in [2.75, 3.05) is 31.6 Å². The van der Waals surface area contributed by atoms with E-state index in [1.807, 2.05) is 37.3 Å². The maximum atomic E-state index is 12.5. The molecule has 0 radical (unpaired) electrons. The standard InChI is InChI=1S/C21H24N2O3/c1-15-5-2-3-6-17(15)22-21(24)14-23-10-4-7-18(23)16-8-9-19-20(13-16)26-12-11-25-19/h2-3,5-6,8-9,13,18H,4,7,10-12,14H2,1H3,(H,22,24)/t18-/m1/s1. The molecule has 2 aliphatic heterocycles. The van der Waals surface area contributed by atoms with Gasteiger partial charge in [-0.05, 0) is 55.6 Å². The molecular weight excluding hydrogens is 328 g/mol. The van der Waals surface area contributed by atoms with Crippen molar-refractivity contribution in [3.05, 3.63) is 53.6 Å². The van der Waals surface area contributed by atoms with Crippen molar-refractivity contribution in [3.63, 3.8) is 0 Å². The Labute approximate surface area is 153 Å². The smallest absolute Gasteiger partial charge is 0.238 e. The molecule has 0 saturated carbocycles. The minimum Gasteiger partial charge on any atom is -0.486 e. The summed E-state index contributed by atoms with van der Waals surface area (Å²) < 4.78 is 11.3. The zero-order chi connectivity index (χ0) is 17.9. The fraction of sp³-hybridized carbons (Fsp3) is 0.381. The normalized spacial score (nSPS) is 19.3. The highest BCUT2D eigenvalue weighted by molar-refractivity contribution is 5.93. The first-order valence-electron chi connectivity index (χ1n) is 9.20. The number of carbonyl (C=O) groups excluding carboxylic acids is 1. The number of ether oxygens (including phenoxy) is 2. The van der Waals surface area contributed by atoms with E-state index in [0.29, 0.717) is 19.8 Å². The molecule has 0 bridgehead atoms. The van der Waals surface area contributed by atoms with Gasteiger partial charge in [-0.25, -0.2) is 0 Å². The van der Waals surface area contributed by atoms with Crippen LogP contribution in [0.15, 0.2) is 42.5 Å². The second-order valence-electron chi connectivity index (χ2n) is 6.89. The first kappa shape index (κ1) is 16.9. The van der Waals surface area contributed by atoms with Gasteiger partial charge >= 0.3 is 0 Å². The van der Waals surface area contributed by atoms with Crippen LogP contribution in [0, 0.1) is 6.92 Å². The van der Waals surface area contributed by atoms with Crippen molar-refractivity contribution in [1.82, 2.24) is 4.90 Å². The molecule has 1 saturated heterocycles. The fourth-order valence-corrected chi connectivity index (χ4v) is 3.75. The topological polar surface area (TPSA) is 50.8 Å². The maximum absolute atomic E-state index is 12.5. The average Bonchev–Trinajstić information content (AvgIpc) is 3.11. The molecule has 2 heterocycles. The summed E-state index contributed by atoms with van der Waals surface area (Å²) in [6.07, 6.45) is 2.15. The first-order chi connectivity index (χ1) is 12.7. The number of likely N-dealkylation sites (tertiary alicyclic amines) is 1. The summed E-state index contributed by atoms with van der Waals surface area (Å²) in [5.74, 6) is 1.65. The number of hydrogen-bond donors (Lipinski definition) is 1. The molecule has 1 N–H and O–H groups in total. The van der Waals surface area contributed by atoms with Crippen LogP contribution in [0.5, 0.6) is 11.5 Å². The molecular formula is C21H24N2O3. The van der Waals surface area contributed by atoms with E-state index in [2.05, 4.69) is 22.3 Å². The summed E-state index contributed by atoms with van der Waals surface area (Å²) in [4.78, 5) is 14.8. The summed E-state index contributed by atoms with van der Waals surface area (Å²) in [7, 11) is 0. The Morgan fingerprint density at radius 1 is 1.15 bits per heavy atom. The van der Waals surface area contributed by atoms with Crippen LogP contribution in [0.1, 0.15) is 30.0 Å². The van der Waals surface area contributed by atoms with Crippen molar-refractivity contribution in [1.29, 1.82) is 0 Å². The number of hydrogen-bond acceptors (Lipinski definition) is 4. The quantitative estimate of drug-likeness (QED) is 0.914. The lowest BCUT2D eigenvalue weighted by molar-refractivity contribution is -0.117. The van der Waals surface area contributed by atoms with Crippen molar-refractivity contribution in [3.8, 4) is 11.5 Å². The number of nitrogens with zero attached hydrogens (tertiary/aromatic N) is 1. The Balaban J connectivity index is 1.45. The Morgan fingerprint density at radius 3 is 2.81 bits per heavy atom. The number of nitrogens with one attached hydrogen (secondary N) is 1. The first-order valence-corrected chi connectivity index (χ1v) is 9.20. The molecule has 0 spiro atoms. The van der Waals surface area contributed by atoms with Gasteiger partial charge in [0.1, 0.15) is 13.2 Å². The molecule has 1 fully saturated rings. The second kappa shape index (κ2) is 7.38. The van der Waals surface area contributed by atoms with Crippen LogP contribution in [0.4, 0.5) is 5.69 Å². The van der Waals surface area contributed by atoms with Crippen LogP contribution < -0.4 is 14.8 Å². The van der Waals surface area contributed by atoms with Crippen molar-refractivity contribution in [2.45, 2.75) is 25.8 Å². The van der Waals surface area contributed by atoms with Gasteiger partial charge in [-0.15, -0.1) is 0 Å². The van der Waals surface area contributed by atoms with Crippen LogP contribution in [0.25, 0.3) is 0 Å². The third-order valence-electron chi connectivity index (χ3n) is 5.08. The van der Waals surface area contributed by atoms with E-state index in [9.17, 15) is 4.79 Å². The number of fused-ring (bicyclic) bond motifs is 1. The lowest BCUT2D eigenvalue weighted by atomic mass is 10.0. The van der Waals surface area contributed by atoms with Crippen molar-refractivity contribution in [2.24, 2.45) is 0 Å². The number of aryl methyl sites for hydroxylation is 1. The molecule has 136 valence electrons. The Morgan fingerprint density at radius 2 is 1.96 bits per heavy atom. The van der Waals surface area contributed by atoms with Gasteiger partial charge in [0.15, 0.2) is 11.5 Å². The summed E-state index contributed by atoms with van der Waals surface area (Å²) >= 11 is 0. The van der Waals surface area contributed by atoms with E-state index >= 15 is 0 Å². The summed E-state index contributed by atoms with van der Waals surface area (Å²) in [6.45, 7) is 4.52. The van der Waals surface area contributed by atoms with Gasteiger partial charge in [0.25, 0.3) is 0 Å². The third-order valence-corrected chi connectivity index (χ3v) is 5.08. The van der Waals surface area contributed by atoms with Gasteiger partial charge < -0.3 is 14.8 Å². The molecule has 2 aromatic carbocycles. The zero-order valence-electron chi connectivity index (χ0n) is 15.0. The SMILES string of the molecule is Cc1ccccc1NC(=O)CN1CCC[C@@H]1c1ccc2c(c1)OCCO2. The van der Waals surface area contributed by atoms with Crippen molar-refractivity contribution >= 4 is 11.6 Å². The largest absolute Gasteiger partial charge is 0.486 e. The van der Waals surface area contributed by atoms with Gasteiger partial charge in [0, 0.05) is 11.7 Å². The maximum Gasteiger partial charge on any atom is 0.238 e. The van der Waals surface area contributed by atoms with Gasteiger partial charge in [-0.1, -0.05) is 24.3 Å². The van der Waals surface area contributed by atoms with E-state index in [0.717, 1.165) is 42.1 Å². The number of carbonyl (C=O) groups is 1. The van der Waals surface area contributed by atoms with Gasteiger partial charge in [0.05, 0.1) is 6.54 Å². The molecule has 0 unspecified atom stereocenters. The average molecular weight is 352 g/mol. The Bertz CT molecular complexity index is 806. The van der Waals surface area contributed by atoms with Crippen LogP contribution in [-0.2, 0) is 4.79 Å². The molecule has 5 heteroatoms. The third kappa shape index (κ3) is 3.53. The molecule has 0 aromatic heterocycles. The van der Waals surface area contributed by atoms with Gasteiger partial charge in [-0.2, -0.15) is 0 Å². The molecule has 0 aliphatic carbocycles. The minimum absolute atomic E-state index is 0.0312. The van der Waals surface area contributed by atoms with E-state index in [1.165, 1.54) is 5.56 Å². The van der Waals surface area contributed by atoms with E-state index in [-0.39, 0.29) is 11.9 Å². The zero-order valence-corrected chi connectivity index (χ0v) is 15.0. The molecule has 4 rings (SSSR count). The highest BCUT2D eigenvalue weighted by Gasteiger charge is 2.28. The predicted molar refractivity (Wildman–Crippen MR) is 101 cm³/mol. The van der Waals surface area contributed by atoms with Gasteiger partial charge in [-0.3, -0.25) is 9.69 Å². The van der Waals surface area contributed by atoms with Crippen LogP contribution >= 0.6 is 0 Å². The predicted octanol–water partition coefficient (Wildman–Crippen LogP) is 3.54.